The van der Waals surface area contributed by atoms with Crippen LogP contribution in [0.1, 0.15) is 12.6 Å². The van der Waals surface area contributed by atoms with Gasteiger partial charge in [-0.05, 0) is 30.2 Å². The summed E-state index contributed by atoms with van der Waals surface area (Å²) >= 11 is 1.38. The van der Waals surface area contributed by atoms with Crippen molar-refractivity contribution in [2.75, 3.05) is 7.11 Å². The maximum Gasteiger partial charge on any atom is 0.286 e. The third-order valence-corrected chi connectivity index (χ3v) is 5.56. The van der Waals surface area contributed by atoms with Crippen molar-refractivity contribution < 1.29 is 4.74 Å². The predicted molar refractivity (Wildman–Crippen MR) is 111 cm³/mol. The normalized spacial score (nSPS) is 11.4. The number of pyridine rings is 1. The molecule has 0 fully saturated rings. The third kappa shape index (κ3) is 2.70. The summed E-state index contributed by atoms with van der Waals surface area (Å²) in [6.45, 7) is 2.04. The van der Waals surface area contributed by atoms with Crippen LogP contribution in [0, 0.1) is 0 Å². The minimum absolute atomic E-state index is 0.252. The van der Waals surface area contributed by atoms with Gasteiger partial charge in [-0.1, -0.05) is 19.1 Å². The Kier molecular flexibility index (Phi) is 4.09. The highest BCUT2D eigenvalue weighted by molar-refractivity contribution is 7.12. The summed E-state index contributed by atoms with van der Waals surface area (Å²) in [5.74, 6) is 0.780. The van der Waals surface area contributed by atoms with Crippen molar-refractivity contribution in [3.8, 4) is 22.0 Å². The number of hydrogen-bond acceptors (Lipinski definition) is 7. The fourth-order valence-electron chi connectivity index (χ4n) is 3.38. The van der Waals surface area contributed by atoms with E-state index in [9.17, 15) is 4.79 Å². The Hall–Kier alpha value is -3.59. The number of methoxy groups -OCH3 is 1. The van der Waals surface area contributed by atoms with Gasteiger partial charge >= 0.3 is 0 Å². The molecule has 0 N–H and O–H groups in total. The Bertz CT molecular complexity index is 1390. The number of aryl methyl sites for hydroxylation is 1. The van der Waals surface area contributed by atoms with Gasteiger partial charge in [0.1, 0.15) is 11.3 Å². The summed E-state index contributed by atoms with van der Waals surface area (Å²) in [7, 11) is 1.64. The number of ether oxygens (including phenoxy) is 1. The molecule has 1 aromatic carbocycles. The molecule has 0 aliphatic rings. The zero-order valence-electron chi connectivity index (χ0n) is 15.7. The van der Waals surface area contributed by atoms with E-state index in [1.807, 2.05) is 42.6 Å². The molecular weight excluding hydrogens is 388 g/mol. The van der Waals surface area contributed by atoms with Crippen LogP contribution in [-0.2, 0) is 6.42 Å². The molecular formula is C20H16N6O2S. The lowest BCUT2D eigenvalue weighted by Gasteiger charge is -2.05. The molecule has 0 bridgehead atoms. The minimum Gasteiger partial charge on any atom is -0.497 e. The predicted octanol–water partition coefficient (Wildman–Crippen LogP) is 3.12. The largest absolute Gasteiger partial charge is 0.497 e. The van der Waals surface area contributed by atoms with Gasteiger partial charge in [0.25, 0.3) is 5.56 Å². The van der Waals surface area contributed by atoms with Crippen LogP contribution in [-0.4, -0.2) is 36.5 Å². The van der Waals surface area contributed by atoms with Crippen LogP contribution in [0.2, 0.25) is 0 Å². The number of fused-ring (bicyclic) bond motifs is 3. The topological polar surface area (TPSA) is 87.2 Å². The molecule has 0 spiro atoms. The quantitative estimate of drug-likeness (QED) is 0.457. The summed E-state index contributed by atoms with van der Waals surface area (Å²) < 4.78 is 8.43. The van der Waals surface area contributed by atoms with Crippen molar-refractivity contribution in [3.05, 3.63) is 64.2 Å². The molecule has 0 radical (unpaired) electrons. The number of hydrogen-bond donors (Lipinski definition) is 0. The second-order valence-electron chi connectivity index (χ2n) is 6.38. The van der Waals surface area contributed by atoms with Crippen LogP contribution in [0.4, 0.5) is 0 Å². The van der Waals surface area contributed by atoms with Crippen molar-refractivity contribution in [2.45, 2.75) is 13.3 Å². The highest BCUT2D eigenvalue weighted by Gasteiger charge is 2.19. The molecule has 9 heteroatoms. The fourth-order valence-corrected chi connectivity index (χ4v) is 4.00. The Morgan fingerprint density at radius 1 is 1.14 bits per heavy atom. The van der Waals surface area contributed by atoms with Crippen LogP contribution in [0.5, 0.6) is 5.75 Å². The number of nitrogens with zero attached hydrogens (tertiary/aromatic N) is 6. The molecule has 8 nitrogen and oxygen atoms in total. The molecule has 4 heterocycles. The van der Waals surface area contributed by atoms with Gasteiger partial charge in [-0.15, -0.1) is 21.5 Å². The van der Waals surface area contributed by atoms with Gasteiger partial charge in [0.2, 0.25) is 0 Å². The lowest BCUT2D eigenvalue weighted by molar-refractivity contribution is 0.415. The van der Waals surface area contributed by atoms with E-state index < -0.39 is 0 Å². The van der Waals surface area contributed by atoms with E-state index in [1.165, 1.54) is 15.9 Å². The Morgan fingerprint density at radius 3 is 2.66 bits per heavy atom. The first-order valence-corrected chi connectivity index (χ1v) is 9.93. The Balaban J connectivity index is 1.77. The number of aromatic nitrogens is 6. The van der Waals surface area contributed by atoms with E-state index in [2.05, 4.69) is 15.2 Å². The van der Waals surface area contributed by atoms with Gasteiger partial charge in [-0.2, -0.15) is 5.10 Å². The second-order valence-corrected chi connectivity index (χ2v) is 7.25. The zero-order chi connectivity index (χ0) is 20.0. The van der Waals surface area contributed by atoms with Crippen molar-refractivity contribution in [2.24, 2.45) is 0 Å². The minimum atomic E-state index is -0.272. The first-order valence-electron chi connectivity index (χ1n) is 9.05. The molecule has 0 saturated carbocycles. The highest BCUT2D eigenvalue weighted by Crippen LogP contribution is 2.30. The summed E-state index contributed by atoms with van der Waals surface area (Å²) in [4.78, 5) is 17.1. The Labute approximate surface area is 169 Å². The van der Waals surface area contributed by atoms with Crippen molar-refractivity contribution in [3.63, 3.8) is 0 Å². The van der Waals surface area contributed by atoms with Gasteiger partial charge in [0, 0.05) is 17.8 Å². The standard InChI is InChI=1S/C20H16N6O2S/c1-3-14-16(12-4-6-13(28-2)7-5-12)18-23-22-17-15(26(18)24-14)8-10-25(19(17)27)20-21-9-11-29-20/h4-11H,3H2,1-2H3. The van der Waals surface area contributed by atoms with Gasteiger partial charge in [-0.3, -0.25) is 9.36 Å². The van der Waals surface area contributed by atoms with Crippen LogP contribution in [0.25, 0.3) is 32.9 Å². The van der Waals surface area contributed by atoms with Gasteiger partial charge in [0.15, 0.2) is 16.3 Å². The lowest BCUT2D eigenvalue weighted by Crippen LogP contribution is -2.20. The van der Waals surface area contributed by atoms with E-state index in [0.717, 1.165) is 29.0 Å². The number of thiazole rings is 1. The fraction of sp³-hybridized carbons (Fsp3) is 0.150. The van der Waals surface area contributed by atoms with Crippen LogP contribution >= 0.6 is 11.3 Å². The van der Waals surface area contributed by atoms with Crippen molar-refractivity contribution >= 4 is 28.0 Å². The molecule has 144 valence electrons. The van der Waals surface area contributed by atoms with Crippen LogP contribution in [0.3, 0.4) is 0 Å². The summed E-state index contributed by atoms with van der Waals surface area (Å²) in [6, 6.07) is 9.57. The molecule has 0 saturated heterocycles. The first-order chi connectivity index (χ1) is 14.2. The molecule has 29 heavy (non-hydrogen) atoms. The molecule has 0 aliphatic carbocycles. The lowest BCUT2D eigenvalue weighted by atomic mass is 10.0. The molecule has 0 atom stereocenters. The molecule has 0 unspecified atom stereocenters. The molecule has 0 aliphatic heterocycles. The molecule has 0 amide bonds. The van der Waals surface area contributed by atoms with Crippen molar-refractivity contribution in [1.29, 1.82) is 0 Å². The SMILES string of the molecule is CCc1nn2c(nnc3c(=O)n(-c4nccs4)ccc32)c1-c1ccc(OC)cc1. The average molecular weight is 404 g/mol. The van der Waals surface area contributed by atoms with E-state index >= 15 is 0 Å². The van der Waals surface area contributed by atoms with Crippen LogP contribution in [0.15, 0.2) is 52.9 Å². The average Bonchev–Trinajstić information content (AvgIpc) is 3.42. The van der Waals surface area contributed by atoms with E-state index in [-0.39, 0.29) is 11.1 Å². The number of benzene rings is 1. The van der Waals surface area contributed by atoms with E-state index in [0.29, 0.717) is 16.3 Å². The second kappa shape index (κ2) is 6.78. The maximum absolute atomic E-state index is 12.9. The van der Waals surface area contributed by atoms with Gasteiger partial charge in [0.05, 0.1) is 18.4 Å². The number of rotatable bonds is 4. The monoisotopic (exact) mass is 404 g/mol. The summed E-state index contributed by atoms with van der Waals surface area (Å²) in [5.41, 5.74) is 3.98. The summed E-state index contributed by atoms with van der Waals surface area (Å²) in [6.07, 6.45) is 4.08. The maximum atomic E-state index is 12.9. The molecule has 5 aromatic rings. The summed E-state index contributed by atoms with van der Waals surface area (Å²) in [5, 5.41) is 15.8. The first kappa shape index (κ1) is 17.5. The van der Waals surface area contributed by atoms with Crippen LogP contribution < -0.4 is 10.3 Å². The van der Waals surface area contributed by atoms with Gasteiger partial charge < -0.3 is 4.74 Å². The smallest absolute Gasteiger partial charge is 0.286 e. The van der Waals surface area contributed by atoms with E-state index in [1.54, 1.807) is 24.0 Å². The van der Waals surface area contributed by atoms with E-state index in [4.69, 9.17) is 9.84 Å². The molecule has 4 aromatic heterocycles. The third-order valence-electron chi connectivity index (χ3n) is 4.79. The molecule has 5 rings (SSSR count). The van der Waals surface area contributed by atoms with Crippen molar-refractivity contribution in [1.82, 2.24) is 29.4 Å². The van der Waals surface area contributed by atoms with Gasteiger partial charge in [-0.25, -0.2) is 9.50 Å². The highest BCUT2D eigenvalue weighted by atomic mass is 32.1. The Morgan fingerprint density at radius 2 is 1.97 bits per heavy atom. The zero-order valence-corrected chi connectivity index (χ0v) is 16.6.